The first-order valence-corrected chi connectivity index (χ1v) is 34.6. The van der Waals surface area contributed by atoms with Crippen molar-refractivity contribution in [2.24, 2.45) is 11.8 Å². The van der Waals surface area contributed by atoms with Crippen LogP contribution in [-0.2, 0) is 62.5 Å². The molecule has 10 rings (SSSR count). The maximum atomic E-state index is 13.5. The molecule has 0 amide bonds. The summed E-state index contributed by atoms with van der Waals surface area (Å²) >= 11 is 12.0. The van der Waals surface area contributed by atoms with Gasteiger partial charge in [0.2, 0.25) is 30.1 Å². The van der Waals surface area contributed by atoms with Gasteiger partial charge in [-0.3, -0.25) is 14.7 Å². The molecule has 12 nitrogen and oxygen atoms in total. The highest BCUT2D eigenvalue weighted by atomic mass is 35.5. The number of likely N-dealkylation sites (tertiary alicyclic amines) is 3. The van der Waals surface area contributed by atoms with E-state index >= 15 is 0 Å². The fourth-order valence-electron chi connectivity index (χ4n) is 11.2. The minimum Gasteiger partial charge on any atom is -0.297 e. The number of hydrogen-bond acceptors (Lipinski definition) is 9. The van der Waals surface area contributed by atoms with Gasteiger partial charge in [0.25, 0.3) is 0 Å². The van der Waals surface area contributed by atoms with Crippen LogP contribution >= 0.6 is 23.2 Å². The summed E-state index contributed by atoms with van der Waals surface area (Å²) in [4.78, 5) is 6.82. The van der Waals surface area contributed by atoms with Crippen LogP contribution in [0.2, 0.25) is 10.0 Å². The maximum Gasteiger partial charge on any atom is 0.242 e. The van der Waals surface area contributed by atoms with Gasteiger partial charge >= 0.3 is 0 Å². The van der Waals surface area contributed by atoms with Crippen LogP contribution in [0.5, 0.6) is 0 Å². The molecule has 3 N–H and O–H groups in total. The summed E-state index contributed by atoms with van der Waals surface area (Å²) in [7, 11) is -11.2. The molecule has 7 aromatic rings. The van der Waals surface area contributed by atoms with Gasteiger partial charge in [-0.15, -0.1) is 0 Å². The Kier molecular flexibility index (Phi) is 23.4. The quantitative estimate of drug-likeness (QED) is 0.0678. The average Bonchev–Trinajstić information content (AvgIpc) is 4.25. The zero-order valence-electron chi connectivity index (χ0n) is 49.8. The summed E-state index contributed by atoms with van der Waals surface area (Å²) in [6, 6.07) is 47.8. The number of aryl methyl sites for hydroxylation is 2. The Bertz CT molecular complexity index is 3560. The monoisotopic (exact) mass is 1270 g/mol. The van der Waals surface area contributed by atoms with E-state index in [0.29, 0.717) is 47.6 Å². The topological polar surface area (TPSA) is 148 Å². The van der Waals surface area contributed by atoms with Gasteiger partial charge in [0.15, 0.2) is 0 Å². The number of benzene rings is 7. The first kappa shape index (κ1) is 66.5. The van der Waals surface area contributed by atoms with Crippen LogP contribution in [0.15, 0.2) is 172 Å². The molecule has 3 aliphatic rings. The Labute approximate surface area is 519 Å². The fraction of sp³-hybridized carbons (Fsp3) is 0.373. The number of sulfonamides is 3. The molecule has 86 heavy (non-hydrogen) atoms. The number of nitrogens with zero attached hydrogens (tertiary/aromatic N) is 3. The molecule has 19 heteroatoms. The van der Waals surface area contributed by atoms with Crippen LogP contribution in [0.25, 0.3) is 11.1 Å². The normalized spacial score (nSPS) is 17.8. The second-order valence-electron chi connectivity index (χ2n) is 23.8. The lowest BCUT2D eigenvalue weighted by molar-refractivity contribution is 0.324. The lowest BCUT2D eigenvalue weighted by Crippen LogP contribution is -2.37. The minimum absolute atomic E-state index is 0.0115. The molecule has 3 fully saturated rings. The van der Waals surface area contributed by atoms with E-state index < -0.39 is 41.7 Å². The molecule has 0 aromatic heterocycles. The Morgan fingerprint density at radius 1 is 0.442 bits per heavy atom. The molecule has 3 atom stereocenters. The Morgan fingerprint density at radius 2 is 0.791 bits per heavy atom. The Balaban J connectivity index is 0.000000168. The zero-order chi connectivity index (χ0) is 61.8. The predicted octanol–water partition coefficient (Wildman–Crippen LogP) is 13.0. The number of rotatable bonds is 20. The van der Waals surface area contributed by atoms with Crippen molar-refractivity contribution in [2.75, 3.05) is 39.3 Å². The smallest absolute Gasteiger partial charge is 0.242 e. The molecule has 3 saturated heterocycles. The van der Waals surface area contributed by atoms with Gasteiger partial charge in [-0.05, 0) is 150 Å². The summed E-state index contributed by atoms with van der Waals surface area (Å²) in [6.07, 6.45) is 4.41. The van der Waals surface area contributed by atoms with Gasteiger partial charge in [0, 0.05) is 82.1 Å². The fourth-order valence-corrected chi connectivity index (χ4v) is 16.2. The van der Waals surface area contributed by atoms with Gasteiger partial charge in [0.05, 0.1) is 14.8 Å². The van der Waals surface area contributed by atoms with Crippen molar-refractivity contribution in [1.82, 2.24) is 28.9 Å². The van der Waals surface area contributed by atoms with Crippen LogP contribution in [0.1, 0.15) is 85.9 Å². The van der Waals surface area contributed by atoms with Crippen molar-refractivity contribution in [3.05, 3.63) is 218 Å². The standard InChI is InChI=1S/C24H25FN2O2S.C22H29FN2O2S.C21H26Cl2N2O2S/c1-18-7-12-22(25)15-24(18)30(28,29)26-23-13-14-27(17-23)16-19-8-10-21(11-9-19)20-5-3-2-4-6-20;1-16(2)12-18-5-7-19(8-6-18)14-25-11-10-21(15-25)24-28(26,27)22-13-20(23)9-4-17(22)3;1-15(2)11-16-3-5-17(6-4-16)13-25-10-9-19(14-25)24-28(26,27)21-12-18(22)7-8-20(21)23/h2-12,15,23,26H,13-14,16-17H2,1H3;4-9,13,16,21,24H,10-12,14-15H2,1-3H3;3-8,12,15,19,24H,9-11,13-14H2,1-2H3. The van der Waals surface area contributed by atoms with Gasteiger partial charge < -0.3 is 0 Å². The first-order valence-electron chi connectivity index (χ1n) is 29.4. The van der Waals surface area contributed by atoms with Gasteiger partial charge in [-0.1, -0.05) is 166 Å². The largest absolute Gasteiger partial charge is 0.297 e. The van der Waals surface area contributed by atoms with E-state index in [2.05, 4.69) is 141 Å². The second kappa shape index (κ2) is 30.2. The highest BCUT2D eigenvalue weighted by Gasteiger charge is 2.31. The molecular weight excluding hydrogens is 1190 g/mol. The summed E-state index contributed by atoms with van der Waals surface area (Å²) < 4.78 is 111. The van der Waals surface area contributed by atoms with Crippen LogP contribution in [0.3, 0.4) is 0 Å². The third-order valence-electron chi connectivity index (χ3n) is 15.5. The third kappa shape index (κ3) is 19.5. The predicted molar refractivity (Wildman–Crippen MR) is 343 cm³/mol. The molecule has 0 spiro atoms. The molecular formula is C67H80Cl2F2N6O6S3. The lowest BCUT2D eigenvalue weighted by atomic mass is 10.0. The van der Waals surface area contributed by atoms with Crippen LogP contribution in [-0.4, -0.2) is 97.3 Å². The van der Waals surface area contributed by atoms with E-state index in [1.54, 1.807) is 19.9 Å². The summed E-state index contributed by atoms with van der Waals surface area (Å²) in [5.41, 5.74) is 9.82. The van der Waals surface area contributed by atoms with Crippen molar-refractivity contribution in [3.8, 4) is 11.1 Å². The number of nitrogens with one attached hydrogen (secondary N) is 3. The molecule has 0 bridgehead atoms. The van der Waals surface area contributed by atoms with Crippen molar-refractivity contribution >= 4 is 53.3 Å². The maximum absolute atomic E-state index is 13.5. The number of hydrogen-bond donors (Lipinski definition) is 3. The van der Waals surface area contributed by atoms with Crippen molar-refractivity contribution < 1.29 is 34.0 Å². The van der Waals surface area contributed by atoms with Crippen molar-refractivity contribution in [2.45, 2.75) is 126 Å². The third-order valence-corrected chi connectivity index (χ3v) is 21.0. The van der Waals surface area contributed by atoms with Crippen molar-refractivity contribution in [3.63, 3.8) is 0 Å². The molecule has 460 valence electrons. The van der Waals surface area contributed by atoms with Gasteiger partial charge in [0.1, 0.15) is 16.5 Å². The van der Waals surface area contributed by atoms with Gasteiger partial charge in [-0.25, -0.2) is 48.2 Å². The summed E-state index contributed by atoms with van der Waals surface area (Å²) in [6.45, 7) is 19.1. The second-order valence-corrected chi connectivity index (χ2v) is 29.7. The van der Waals surface area contributed by atoms with E-state index in [-0.39, 0.29) is 37.8 Å². The van der Waals surface area contributed by atoms with E-state index in [4.69, 9.17) is 23.2 Å². The zero-order valence-corrected chi connectivity index (χ0v) is 53.8. The summed E-state index contributed by atoms with van der Waals surface area (Å²) in [5.74, 6) is 0.194. The lowest BCUT2D eigenvalue weighted by Gasteiger charge is -2.18. The molecule has 0 radical (unpaired) electrons. The number of halogens is 4. The van der Waals surface area contributed by atoms with E-state index in [1.807, 2.05) is 18.2 Å². The Hall–Kier alpha value is -5.41. The van der Waals surface area contributed by atoms with E-state index in [9.17, 15) is 34.0 Å². The minimum atomic E-state index is -3.75. The molecule has 3 aliphatic heterocycles. The summed E-state index contributed by atoms with van der Waals surface area (Å²) in [5, 5.41) is 0.520. The van der Waals surface area contributed by atoms with Gasteiger partial charge in [-0.2, -0.15) is 0 Å². The molecule has 3 heterocycles. The van der Waals surface area contributed by atoms with Crippen LogP contribution in [0.4, 0.5) is 8.78 Å². The first-order chi connectivity index (χ1) is 40.9. The molecule has 7 aromatic carbocycles. The van der Waals surface area contributed by atoms with Crippen LogP contribution in [0, 0.1) is 37.3 Å². The highest BCUT2D eigenvalue weighted by Crippen LogP contribution is 2.28. The molecule has 3 unspecified atom stereocenters. The van der Waals surface area contributed by atoms with E-state index in [0.717, 1.165) is 83.5 Å². The highest BCUT2D eigenvalue weighted by molar-refractivity contribution is 7.90. The average molecular weight is 1270 g/mol. The Morgan fingerprint density at radius 3 is 1.17 bits per heavy atom. The van der Waals surface area contributed by atoms with Crippen LogP contribution < -0.4 is 14.2 Å². The van der Waals surface area contributed by atoms with Crippen molar-refractivity contribution in [1.29, 1.82) is 0 Å². The SMILES string of the molecule is CC(C)Cc1ccc(CN2CCC(NS(=O)(=O)c3cc(Cl)ccc3Cl)C2)cc1.Cc1ccc(F)cc1S(=O)(=O)NC1CCN(Cc2ccc(-c3ccccc3)cc2)C1.Cc1ccc(F)cc1S(=O)(=O)NC1CCN(Cc2ccc(CC(C)C)cc2)C1. The molecule has 0 aliphatic carbocycles. The molecule has 0 saturated carbocycles. The van der Waals surface area contributed by atoms with E-state index in [1.165, 1.54) is 75.3 Å².